The maximum absolute atomic E-state index is 8.85. The lowest BCUT2D eigenvalue weighted by Gasteiger charge is -2.35. The zero-order valence-electron chi connectivity index (χ0n) is 11.2. The Labute approximate surface area is 123 Å². The fourth-order valence-electron chi connectivity index (χ4n) is 2.84. The Morgan fingerprint density at radius 2 is 2.30 bits per heavy atom. The molecule has 0 spiro atoms. The lowest BCUT2D eigenvalue weighted by atomic mass is 10.1. The van der Waals surface area contributed by atoms with Gasteiger partial charge < -0.3 is 15.5 Å². The fourth-order valence-corrected chi connectivity index (χ4v) is 3.02. The molecule has 1 saturated heterocycles. The number of halogens is 1. The van der Waals surface area contributed by atoms with Crippen molar-refractivity contribution in [1.82, 2.24) is 20.6 Å². The molecule has 0 radical (unpaired) electrons. The Kier molecular flexibility index (Phi) is 4.01. The van der Waals surface area contributed by atoms with Crippen molar-refractivity contribution >= 4 is 17.4 Å². The summed E-state index contributed by atoms with van der Waals surface area (Å²) < 4.78 is 0. The van der Waals surface area contributed by atoms with Gasteiger partial charge in [0.15, 0.2) is 0 Å². The second-order valence-electron chi connectivity index (χ2n) is 5.13. The predicted molar refractivity (Wildman–Crippen MR) is 76.7 cm³/mol. The van der Waals surface area contributed by atoms with E-state index >= 15 is 0 Å². The summed E-state index contributed by atoms with van der Waals surface area (Å²) >= 11 is 6.05. The van der Waals surface area contributed by atoms with E-state index in [1.807, 2.05) is 0 Å². The number of rotatable bonds is 2. The van der Waals surface area contributed by atoms with Gasteiger partial charge in [-0.05, 0) is 24.6 Å². The fraction of sp³-hybridized carbons (Fsp3) is 0.615. The van der Waals surface area contributed by atoms with Gasteiger partial charge in [0.05, 0.1) is 18.2 Å². The second kappa shape index (κ2) is 5.92. The Hall–Kier alpha value is -1.42. The summed E-state index contributed by atoms with van der Waals surface area (Å²) in [5, 5.41) is 15.8. The van der Waals surface area contributed by atoms with E-state index in [-0.39, 0.29) is 6.04 Å². The van der Waals surface area contributed by atoms with Gasteiger partial charge in [0.25, 0.3) is 0 Å². The van der Waals surface area contributed by atoms with Crippen molar-refractivity contribution in [2.75, 3.05) is 31.1 Å². The van der Waals surface area contributed by atoms with Crippen LogP contribution in [-0.4, -0.2) is 42.2 Å². The molecule has 6 nitrogen and oxygen atoms in total. The number of hydrogen-bond acceptors (Lipinski definition) is 6. The normalized spacial score (nSPS) is 22.2. The van der Waals surface area contributed by atoms with Crippen LogP contribution in [0.5, 0.6) is 0 Å². The molecule has 0 aromatic carbocycles. The monoisotopic (exact) mass is 292 g/mol. The van der Waals surface area contributed by atoms with E-state index in [1.54, 1.807) is 0 Å². The Balaban J connectivity index is 1.89. The van der Waals surface area contributed by atoms with Crippen LogP contribution in [0.1, 0.15) is 17.7 Å². The van der Waals surface area contributed by atoms with Crippen LogP contribution in [0.2, 0.25) is 5.28 Å². The van der Waals surface area contributed by atoms with Crippen molar-refractivity contribution in [3.8, 4) is 6.07 Å². The van der Waals surface area contributed by atoms with Gasteiger partial charge in [0.2, 0.25) is 5.28 Å². The highest BCUT2D eigenvalue weighted by Gasteiger charge is 2.25. The summed E-state index contributed by atoms with van der Waals surface area (Å²) in [5.74, 6) is 0.950. The smallest absolute Gasteiger partial charge is 0.224 e. The zero-order valence-corrected chi connectivity index (χ0v) is 11.9. The number of anilines is 1. The highest BCUT2D eigenvalue weighted by Crippen LogP contribution is 2.26. The van der Waals surface area contributed by atoms with Crippen LogP contribution in [0, 0.1) is 11.3 Å². The van der Waals surface area contributed by atoms with Crippen LogP contribution >= 0.6 is 11.6 Å². The van der Waals surface area contributed by atoms with E-state index in [9.17, 15) is 0 Å². The molecular formula is C13H17ClN6. The number of piperazine rings is 1. The predicted octanol–water partition coefficient (Wildman–Crippen LogP) is 0.468. The van der Waals surface area contributed by atoms with Crippen LogP contribution in [0.3, 0.4) is 0 Å². The highest BCUT2D eigenvalue weighted by molar-refractivity contribution is 6.28. The van der Waals surface area contributed by atoms with Gasteiger partial charge in [-0.1, -0.05) is 0 Å². The van der Waals surface area contributed by atoms with Gasteiger partial charge in [0, 0.05) is 37.8 Å². The van der Waals surface area contributed by atoms with Gasteiger partial charge in [-0.3, -0.25) is 0 Å². The molecule has 3 heterocycles. The Morgan fingerprint density at radius 3 is 3.15 bits per heavy atom. The first kappa shape index (κ1) is 13.6. The summed E-state index contributed by atoms with van der Waals surface area (Å²) in [5.41, 5.74) is 2.20. The number of nitriles is 1. The lowest BCUT2D eigenvalue weighted by Crippen LogP contribution is -2.51. The third-order valence-corrected chi connectivity index (χ3v) is 3.95. The number of nitrogens with zero attached hydrogens (tertiary/aromatic N) is 4. The largest absolute Gasteiger partial charge is 0.353 e. The molecule has 20 heavy (non-hydrogen) atoms. The first-order chi connectivity index (χ1) is 9.78. The summed E-state index contributed by atoms with van der Waals surface area (Å²) in [6, 6.07) is 2.42. The molecule has 3 rings (SSSR count). The van der Waals surface area contributed by atoms with Crippen molar-refractivity contribution in [3.63, 3.8) is 0 Å². The van der Waals surface area contributed by atoms with E-state index in [0.717, 1.165) is 50.7 Å². The molecule has 1 fully saturated rings. The molecule has 106 valence electrons. The molecule has 1 aromatic rings. The van der Waals surface area contributed by atoms with E-state index in [0.29, 0.717) is 11.7 Å². The van der Waals surface area contributed by atoms with E-state index in [4.69, 9.17) is 16.9 Å². The number of aromatic nitrogens is 2. The van der Waals surface area contributed by atoms with E-state index < -0.39 is 0 Å². The quantitative estimate of drug-likeness (QED) is 0.772. The SMILES string of the molecule is N#CCC1CN(c2nc(Cl)nc3c2CCNC3)CCN1. The van der Waals surface area contributed by atoms with Crippen molar-refractivity contribution < 1.29 is 0 Å². The van der Waals surface area contributed by atoms with Crippen LogP contribution < -0.4 is 15.5 Å². The highest BCUT2D eigenvalue weighted by atomic mass is 35.5. The first-order valence-corrected chi connectivity index (χ1v) is 7.27. The van der Waals surface area contributed by atoms with Crippen molar-refractivity contribution in [2.45, 2.75) is 25.4 Å². The molecule has 0 amide bonds. The summed E-state index contributed by atoms with van der Waals surface area (Å²) in [4.78, 5) is 11.0. The molecule has 1 unspecified atom stereocenters. The third-order valence-electron chi connectivity index (χ3n) is 3.78. The van der Waals surface area contributed by atoms with E-state index in [2.05, 4.69) is 31.6 Å². The van der Waals surface area contributed by atoms with Crippen molar-refractivity contribution in [1.29, 1.82) is 5.26 Å². The summed E-state index contributed by atoms with van der Waals surface area (Å²) in [6.45, 7) is 4.23. The maximum Gasteiger partial charge on any atom is 0.224 e. The molecule has 2 aliphatic rings. The van der Waals surface area contributed by atoms with Crippen molar-refractivity contribution in [2.24, 2.45) is 0 Å². The molecule has 0 saturated carbocycles. The second-order valence-corrected chi connectivity index (χ2v) is 5.47. The molecule has 7 heteroatoms. The molecule has 1 aromatic heterocycles. The Bertz CT molecular complexity index is 540. The minimum Gasteiger partial charge on any atom is -0.353 e. The summed E-state index contributed by atoms with van der Waals surface area (Å²) in [6.07, 6.45) is 1.44. The van der Waals surface area contributed by atoms with Gasteiger partial charge in [-0.2, -0.15) is 5.26 Å². The van der Waals surface area contributed by atoms with Crippen LogP contribution in [0.4, 0.5) is 5.82 Å². The van der Waals surface area contributed by atoms with Gasteiger partial charge in [-0.15, -0.1) is 0 Å². The zero-order chi connectivity index (χ0) is 13.9. The van der Waals surface area contributed by atoms with Gasteiger partial charge in [-0.25, -0.2) is 9.97 Å². The van der Waals surface area contributed by atoms with Gasteiger partial charge in [0.1, 0.15) is 5.82 Å². The molecule has 2 N–H and O–H groups in total. The number of nitrogens with one attached hydrogen (secondary N) is 2. The number of fused-ring (bicyclic) bond motifs is 1. The first-order valence-electron chi connectivity index (χ1n) is 6.89. The topological polar surface area (TPSA) is 76.9 Å². The molecule has 0 bridgehead atoms. The van der Waals surface area contributed by atoms with Crippen LogP contribution in [0.15, 0.2) is 0 Å². The average Bonchev–Trinajstić information content (AvgIpc) is 2.47. The molecule has 2 aliphatic heterocycles. The number of hydrogen-bond donors (Lipinski definition) is 2. The molecule has 0 aliphatic carbocycles. The summed E-state index contributed by atoms with van der Waals surface area (Å²) in [7, 11) is 0. The van der Waals surface area contributed by atoms with Gasteiger partial charge >= 0.3 is 0 Å². The molecular weight excluding hydrogens is 276 g/mol. The average molecular weight is 293 g/mol. The van der Waals surface area contributed by atoms with E-state index in [1.165, 1.54) is 5.56 Å². The van der Waals surface area contributed by atoms with Crippen molar-refractivity contribution in [3.05, 3.63) is 16.5 Å². The Morgan fingerprint density at radius 1 is 1.40 bits per heavy atom. The minimum atomic E-state index is 0.194. The van der Waals surface area contributed by atoms with Crippen LogP contribution in [0.25, 0.3) is 0 Å². The maximum atomic E-state index is 8.85. The lowest BCUT2D eigenvalue weighted by molar-refractivity contribution is 0.458. The van der Waals surface area contributed by atoms with Crippen LogP contribution in [-0.2, 0) is 13.0 Å². The third kappa shape index (κ3) is 2.70. The standard InChI is InChI=1S/C13H17ClN6/c14-13-18-11-7-16-4-2-10(11)12(19-13)20-6-5-17-9(8-20)1-3-15/h9,16-17H,1-2,4-8H2. The molecule has 1 atom stereocenters. The minimum absolute atomic E-state index is 0.194.